The summed E-state index contributed by atoms with van der Waals surface area (Å²) in [4.78, 5) is 19.0. The molecular formula is C62H40N4. The van der Waals surface area contributed by atoms with Crippen LogP contribution in [0.25, 0.3) is 135 Å². The first kappa shape index (κ1) is 37.7. The number of aromatic nitrogens is 4. The number of benzene rings is 8. The predicted molar refractivity (Wildman–Crippen MR) is 280 cm³/mol. The molecule has 8 bridgehead atoms. The second-order valence-corrected chi connectivity index (χ2v) is 17.0. The lowest BCUT2D eigenvalue weighted by molar-refractivity contribution is 1.31. The van der Waals surface area contributed by atoms with Crippen LogP contribution < -0.4 is 0 Å². The molecule has 0 unspecified atom stereocenters. The minimum atomic E-state index is 0.876. The van der Waals surface area contributed by atoms with Crippen LogP contribution in [0, 0.1) is 0 Å². The Balaban J connectivity index is 1.17. The molecule has 2 N–H and O–H groups in total. The van der Waals surface area contributed by atoms with Gasteiger partial charge in [-0.1, -0.05) is 188 Å². The van der Waals surface area contributed by atoms with Gasteiger partial charge in [0.1, 0.15) is 0 Å². The van der Waals surface area contributed by atoms with Crippen LogP contribution in [0.3, 0.4) is 0 Å². The summed E-state index contributed by atoms with van der Waals surface area (Å²) in [6.07, 6.45) is 13.2. The molecule has 0 saturated carbocycles. The first-order chi connectivity index (χ1) is 32.7. The summed E-state index contributed by atoms with van der Waals surface area (Å²) in [7, 11) is 0. The zero-order chi connectivity index (χ0) is 43.6. The van der Waals surface area contributed by atoms with E-state index < -0.39 is 0 Å². The Morgan fingerprint density at radius 2 is 0.742 bits per heavy atom. The Hall–Kier alpha value is -8.86. The van der Waals surface area contributed by atoms with Crippen molar-refractivity contribution in [3.8, 4) is 44.5 Å². The SMILES string of the molecule is C1=Cc2nc1c(-c1ccccc1)c1ccc([nH]1)c(-c1ccccc1)c1nc(c(-c3ccccc3)c3[nH]c(cc3C=Cc3ccc4ccc5cccc6ccc3c4c56)c2-c2ccccc2)C=C1. The molecule has 8 aromatic carbocycles. The van der Waals surface area contributed by atoms with Gasteiger partial charge in [0.2, 0.25) is 0 Å². The smallest absolute Gasteiger partial charge is 0.0737 e. The van der Waals surface area contributed by atoms with Crippen molar-refractivity contribution in [2.24, 2.45) is 0 Å². The largest absolute Gasteiger partial charge is 0.354 e. The molecule has 2 aliphatic heterocycles. The summed E-state index contributed by atoms with van der Waals surface area (Å²) in [5.41, 5.74) is 18.0. The molecule has 11 aromatic rings. The van der Waals surface area contributed by atoms with Crippen molar-refractivity contribution in [2.75, 3.05) is 0 Å². The lowest BCUT2D eigenvalue weighted by Gasteiger charge is -2.12. The van der Waals surface area contributed by atoms with Gasteiger partial charge in [0.25, 0.3) is 0 Å². The van der Waals surface area contributed by atoms with Crippen LogP contribution in [0.15, 0.2) is 194 Å². The molecule has 3 aromatic heterocycles. The molecule has 0 atom stereocenters. The maximum absolute atomic E-state index is 5.57. The Bertz CT molecular complexity index is 3930. The summed E-state index contributed by atoms with van der Waals surface area (Å²) in [6, 6.07) is 69.2. The number of aromatic amines is 2. The van der Waals surface area contributed by atoms with Gasteiger partial charge in [-0.2, -0.15) is 0 Å². The number of fused-ring (bicyclic) bond motifs is 8. The number of nitrogens with one attached hydrogen (secondary N) is 2. The molecular weight excluding hydrogens is 801 g/mol. The highest BCUT2D eigenvalue weighted by atomic mass is 14.8. The number of nitrogens with zero attached hydrogens (tertiary/aromatic N) is 2. The summed E-state index contributed by atoms with van der Waals surface area (Å²) in [5.74, 6) is 0. The van der Waals surface area contributed by atoms with Crippen LogP contribution in [0.4, 0.5) is 0 Å². The molecule has 0 spiro atoms. The van der Waals surface area contributed by atoms with Crippen molar-refractivity contribution >= 4 is 90.8 Å². The van der Waals surface area contributed by atoms with Crippen LogP contribution in [-0.2, 0) is 0 Å². The minimum absolute atomic E-state index is 0.876. The van der Waals surface area contributed by atoms with Crippen LogP contribution in [-0.4, -0.2) is 19.9 Å². The van der Waals surface area contributed by atoms with Crippen LogP contribution >= 0.6 is 0 Å². The van der Waals surface area contributed by atoms with Crippen molar-refractivity contribution in [1.82, 2.24) is 19.9 Å². The summed E-state index contributed by atoms with van der Waals surface area (Å²) in [5, 5.41) is 7.61. The van der Waals surface area contributed by atoms with E-state index in [1.54, 1.807) is 0 Å². The van der Waals surface area contributed by atoms with E-state index in [-0.39, 0.29) is 0 Å². The fourth-order valence-electron chi connectivity index (χ4n) is 10.2. The standard InChI is InChI=1S/C62H40N4/c1-5-14-40(15-6-1)58-49-32-33-50(63-49)59(41-16-7-2-8-17-41)52-36-37-54(65-52)61(43-20-11-4-12-21-43)62-47(38-55(66-62)60(42-18-9-3-10-19-42)53-35-34-51(58)64-53)29-25-39-24-26-46-28-27-44-22-13-23-45-30-31-48(39)57(46)56(44)45/h1-38,63,66H. The second-order valence-electron chi connectivity index (χ2n) is 17.0. The molecule has 0 saturated heterocycles. The maximum Gasteiger partial charge on any atom is 0.0737 e. The fraction of sp³-hybridized carbons (Fsp3) is 0. The zero-order valence-corrected chi connectivity index (χ0v) is 35.8. The molecule has 0 aliphatic carbocycles. The van der Waals surface area contributed by atoms with Crippen LogP contribution in [0.1, 0.15) is 33.9 Å². The van der Waals surface area contributed by atoms with Gasteiger partial charge in [0.05, 0.1) is 28.3 Å². The number of hydrogen-bond acceptors (Lipinski definition) is 2. The quantitative estimate of drug-likeness (QED) is 0.164. The number of rotatable bonds is 6. The van der Waals surface area contributed by atoms with E-state index in [1.165, 1.54) is 32.3 Å². The Morgan fingerprint density at radius 3 is 1.27 bits per heavy atom. The highest BCUT2D eigenvalue weighted by Gasteiger charge is 2.20. The van der Waals surface area contributed by atoms with E-state index in [0.29, 0.717) is 0 Å². The normalized spacial score (nSPS) is 12.4. The van der Waals surface area contributed by atoms with Gasteiger partial charge in [-0.15, -0.1) is 0 Å². The summed E-state index contributed by atoms with van der Waals surface area (Å²) >= 11 is 0. The molecule has 66 heavy (non-hydrogen) atoms. The third-order valence-electron chi connectivity index (χ3n) is 13.2. The molecule has 0 radical (unpaired) electrons. The van der Waals surface area contributed by atoms with Gasteiger partial charge in [0.15, 0.2) is 0 Å². The lowest BCUT2D eigenvalue weighted by Crippen LogP contribution is -1.90. The molecule has 4 heteroatoms. The summed E-state index contributed by atoms with van der Waals surface area (Å²) in [6.45, 7) is 0. The van der Waals surface area contributed by atoms with Crippen molar-refractivity contribution in [3.05, 3.63) is 228 Å². The maximum atomic E-state index is 5.57. The topological polar surface area (TPSA) is 57.4 Å². The molecule has 0 fully saturated rings. The number of H-pyrrole nitrogens is 2. The molecule has 2 aliphatic rings. The molecule has 13 rings (SSSR count). The molecule has 5 heterocycles. The van der Waals surface area contributed by atoms with E-state index >= 15 is 0 Å². The van der Waals surface area contributed by atoms with E-state index in [1.807, 2.05) is 0 Å². The molecule has 0 amide bonds. The van der Waals surface area contributed by atoms with E-state index in [9.17, 15) is 0 Å². The second kappa shape index (κ2) is 15.4. The minimum Gasteiger partial charge on any atom is -0.354 e. The first-order valence-electron chi connectivity index (χ1n) is 22.5. The average Bonchev–Trinajstić information content (AvgIpc) is 4.22. The molecule has 4 nitrogen and oxygen atoms in total. The third kappa shape index (κ3) is 6.30. The van der Waals surface area contributed by atoms with E-state index in [4.69, 9.17) is 9.97 Å². The van der Waals surface area contributed by atoms with Crippen molar-refractivity contribution in [1.29, 1.82) is 0 Å². The summed E-state index contributed by atoms with van der Waals surface area (Å²) < 4.78 is 0. The zero-order valence-electron chi connectivity index (χ0n) is 35.8. The van der Waals surface area contributed by atoms with Crippen LogP contribution in [0.5, 0.6) is 0 Å². The highest BCUT2D eigenvalue weighted by Crippen LogP contribution is 2.41. The van der Waals surface area contributed by atoms with Gasteiger partial charge >= 0.3 is 0 Å². The monoisotopic (exact) mass is 840 g/mol. The van der Waals surface area contributed by atoms with Gasteiger partial charge in [-0.25, -0.2) is 9.97 Å². The van der Waals surface area contributed by atoms with E-state index in [0.717, 1.165) is 100 Å². The van der Waals surface area contributed by atoms with Gasteiger partial charge < -0.3 is 9.97 Å². The van der Waals surface area contributed by atoms with Crippen molar-refractivity contribution in [3.63, 3.8) is 0 Å². The first-order valence-corrected chi connectivity index (χ1v) is 22.5. The lowest BCUT2D eigenvalue weighted by atomic mass is 9.92. The van der Waals surface area contributed by atoms with Crippen molar-refractivity contribution in [2.45, 2.75) is 0 Å². The predicted octanol–water partition coefficient (Wildman–Crippen LogP) is 16.4. The molecule has 308 valence electrons. The third-order valence-corrected chi connectivity index (χ3v) is 13.2. The van der Waals surface area contributed by atoms with E-state index in [2.05, 4.69) is 241 Å². The van der Waals surface area contributed by atoms with Gasteiger partial charge in [0, 0.05) is 44.4 Å². The Morgan fingerprint density at radius 1 is 0.318 bits per heavy atom. The van der Waals surface area contributed by atoms with Gasteiger partial charge in [-0.3, -0.25) is 0 Å². The fourth-order valence-corrected chi connectivity index (χ4v) is 10.2. The van der Waals surface area contributed by atoms with Crippen LogP contribution in [0.2, 0.25) is 0 Å². The average molecular weight is 841 g/mol. The van der Waals surface area contributed by atoms with Gasteiger partial charge in [-0.05, 0) is 103 Å². The number of hydrogen-bond donors (Lipinski definition) is 2. The van der Waals surface area contributed by atoms with Crippen molar-refractivity contribution < 1.29 is 0 Å². The Kier molecular flexibility index (Phi) is 8.81. The Labute approximate surface area is 381 Å². The highest BCUT2D eigenvalue weighted by molar-refractivity contribution is 6.24.